The maximum absolute atomic E-state index is 14.2. The fourth-order valence-corrected chi connectivity index (χ4v) is 8.49. The largest absolute Gasteiger partial charge is 0.475 e. The van der Waals surface area contributed by atoms with Crippen LogP contribution in [0.15, 0.2) is 41.5 Å². The van der Waals surface area contributed by atoms with Crippen molar-refractivity contribution in [3.63, 3.8) is 0 Å². The van der Waals surface area contributed by atoms with Gasteiger partial charge in [0, 0.05) is 23.8 Å². The lowest BCUT2D eigenvalue weighted by Crippen LogP contribution is -2.29. The molecule has 7 rings (SSSR count). The Bertz CT molecular complexity index is 2440. The first-order valence-corrected chi connectivity index (χ1v) is 20.3. The zero-order chi connectivity index (χ0) is 41.1. The maximum atomic E-state index is 14.2. The number of carbonyl (C=O) groups is 2. The molecule has 8 atom stereocenters. The minimum Gasteiger partial charge on any atom is -0.394 e. The van der Waals surface area contributed by atoms with Crippen LogP contribution in [0.25, 0.3) is 22.2 Å². The number of rotatable bonds is 15. The first-order chi connectivity index (χ1) is 27.9. The van der Waals surface area contributed by atoms with Crippen molar-refractivity contribution in [3.8, 4) is 6.07 Å². The summed E-state index contributed by atoms with van der Waals surface area (Å²) in [7, 11) is -4.53. The number of amides is 2. The normalized spacial score (nSPS) is 24.3. The number of nitrogens with zero attached hydrogens (tertiary/aromatic N) is 8. The number of nitriles is 1. The number of aromatic nitrogens is 8. The molecule has 2 saturated heterocycles. The molecule has 2 fully saturated rings. The van der Waals surface area contributed by atoms with Crippen LogP contribution in [0.2, 0.25) is 0 Å². The average Bonchev–Trinajstić information content (AvgIpc) is 4.00. The molecule has 22 nitrogen and oxygen atoms in total. The van der Waals surface area contributed by atoms with Gasteiger partial charge in [-0.3, -0.25) is 38.3 Å². The Labute approximate surface area is 332 Å². The lowest BCUT2D eigenvalue weighted by Gasteiger charge is -2.25. The van der Waals surface area contributed by atoms with Crippen LogP contribution in [0, 0.1) is 23.2 Å². The molecule has 2 amide bonds. The van der Waals surface area contributed by atoms with Gasteiger partial charge in [0.1, 0.15) is 35.7 Å². The maximum Gasteiger partial charge on any atom is 0.475 e. The number of nitrogens with one attached hydrogen (secondary N) is 3. The number of aliphatic hydroxyl groups is 2. The lowest BCUT2D eigenvalue weighted by molar-refractivity contribution is -0.118. The number of phosphoric acid groups is 1. The molecule has 2 aliphatic heterocycles. The van der Waals surface area contributed by atoms with Crippen molar-refractivity contribution in [2.24, 2.45) is 11.8 Å². The van der Waals surface area contributed by atoms with E-state index in [1.807, 2.05) is 6.07 Å². The van der Waals surface area contributed by atoms with Gasteiger partial charge in [-0.15, -0.1) is 5.10 Å². The highest BCUT2D eigenvalue weighted by molar-refractivity contribution is 7.48. The van der Waals surface area contributed by atoms with Gasteiger partial charge in [0.15, 0.2) is 23.2 Å². The molecule has 6 heterocycles. The molecule has 2 aliphatic rings. The summed E-state index contributed by atoms with van der Waals surface area (Å²) >= 11 is 1.05. The summed E-state index contributed by atoms with van der Waals surface area (Å²) in [6.45, 7) is 3.68. The molecule has 24 heteroatoms. The third-order valence-electron chi connectivity index (χ3n) is 9.43. The summed E-state index contributed by atoms with van der Waals surface area (Å²) in [4.78, 5) is 53.6. The van der Waals surface area contributed by atoms with Crippen molar-refractivity contribution in [1.82, 2.24) is 39.3 Å². The van der Waals surface area contributed by atoms with E-state index < -0.39 is 87.0 Å². The highest BCUT2D eigenvalue weighted by Gasteiger charge is 2.47. The number of aromatic amines is 1. The minimum atomic E-state index is -4.53. The number of H-pyrrole nitrogens is 1. The third kappa shape index (κ3) is 8.51. The van der Waals surface area contributed by atoms with Crippen molar-refractivity contribution in [1.29, 1.82) is 5.26 Å². The van der Waals surface area contributed by atoms with E-state index in [2.05, 4.69) is 45.3 Å². The second-order valence-corrected chi connectivity index (χ2v) is 16.1. The van der Waals surface area contributed by atoms with Gasteiger partial charge in [-0.2, -0.15) is 19.3 Å². The molecule has 0 radical (unpaired) electrons. The molecule has 0 aliphatic carbocycles. The predicted octanol–water partition coefficient (Wildman–Crippen LogP) is 2.62. The summed E-state index contributed by atoms with van der Waals surface area (Å²) in [5, 5.41) is 43.8. The van der Waals surface area contributed by atoms with Gasteiger partial charge in [0.25, 0.3) is 11.5 Å². The number of anilines is 2. The molecular formula is C34H38N11O11PS. The number of ether oxygens (including phenoxy) is 2. The summed E-state index contributed by atoms with van der Waals surface area (Å²) in [6.07, 6.45) is -5.05. The van der Waals surface area contributed by atoms with Gasteiger partial charge < -0.3 is 25.0 Å². The van der Waals surface area contributed by atoms with Gasteiger partial charge in [0.2, 0.25) is 11.9 Å². The molecule has 1 unspecified atom stereocenters. The zero-order valence-corrected chi connectivity index (χ0v) is 32.8. The number of carbonyl (C=O) groups excluding carboxylic acids is 2. The van der Waals surface area contributed by atoms with E-state index in [4.69, 9.17) is 28.3 Å². The minimum absolute atomic E-state index is 0.0510. The number of aliphatic hydroxyl groups excluding tert-OH is 2. The Morgan fingerprint density at radius 2 is 1.93 bits per heavy atom. The summed E-state index contributed by atoms with van der Waals surface area (Å²) in [5.41, 5.74) is 0.210. The Kier molecular flexibility index (Phi) is 12.3. The van der Waals surface area contributed by atoms with E-state index in [0.717, 1.165) is 16.2 Å². The van der Waals surface area contributed by atoms with E-state index in [1.165, 1.54) is 6.33 Å². The van der Waals surface area contributed by atoms with Crippen LogP contribution in [0.3, 0.4) is 0 Å². The van der Waals surface area contributed by atoms with Gasteiger partial charge in [-0.05, 0) is 23.7 Å². The highest BCUT2D eigenvalue weighted by Crippen LogP contribution is 2.55. The first-order valence-electron chi connectivity index (χ1n) is 18.1. The number of hydrogen-bond acceptors (Lipinski definition) is 19. The molecule has 0 spiro atoms. The Hall–Kier alpha value is -5.15. The van der Waals surface area contributed by atoms with Gasteiger partial charge in [0.05, 0.1) is 49.4 Å². The highest BCUT2D eigenvalue weighted by atomic mass is 32.1. The molecule has 5 aromatic rings. The standard InChI is InChI=1S/C34H38N11O11PS/c1-16(2)30(48)40-34-39-29-25(32(50)41-34)42-44-45(29)33-26(47)17(3)22(55-33)14-53-57(51,52-11-7-10-35)56-19-12-20(54-21(19)13-46)27-23-24(43-58-27)28(37-15-36-23)38-31(49)18-8-5-4-6-9-18/h4-6,8-9,15-17,19-22,26,33,46-47H,7,11-14H2,1-3H3,(H,36,37,38,49)(H2,39,40,41,48,50)/t17-,19+,20-,21-,22-,26-,33-,57?/m1/s1. The molecule has 0 saturated carbocycles. The number of phosphoric ester groups is 1. The molecule has 58 heavy (non-hydrogen) atoms. The third-order valence-corrected chi connectivity index (χ3v) is 11.8. The molecule has 1 aromatic carbocycles. The number of hydrogen-bond donors (Lipinski definition) is 5. The fraction of sp³-hybridized carbons (Fsp3) is 0.471. The summed E-state index contributed by atoms with van der Waals surface area (Å²) in [5.74, 6) is -1.83. The SMILES string of the molecule is CC(C)C(=O)Nc1nc2c(nnn2[C@@H]2O[C@H](COP(=O)(OCCC#N)O[C@H]3C[C@H](c4snc5c(NC(=O)c6ccccc6)ncnc45)O[C@@H]3CO)[C@@H](C)[C@H]2O)c(=O)[nH]1. The molecule has 0 bridgehead atoms. The van der Waals surface area contributed by atoms with E-state index in [-0.39, 0.29) is 42.4 Å². The van der Waals surface area contributed by atoms with Crippen LogP contribution in [-0.4, -0.2) is 106 Å². The Morgan fingerprint density at radius 1 is 1.14 bits per heavy atom. The van der Waals surface area contributed by atoms with Gasteiger partial charge in [-0.25, -0.2) is 14.5 Å². The van der Waals surface area contributed by atoms with Crippen molar-refractivity contribution in [3.05, 3.63) is 57.5 Å². The van der Waals surface area contributed by atoms with Crippen LogP contribution in [0.4, 0.5) is 11.8 Å². The smallest absolute Gasteiger partial charge is 0.394 e. The van der Waals surface area contributed by atoms with Gasteiger partial charge >= 0.3 is 7.82 Å². The first kappa shape index (κ1) is 41.0. The van der Waals surface area contributed by atoms with Crippen LogP contribution in [0.1, 0.15) is 61.2 Å². The second kappa shape index (κ2) is 17.4. The molecule has 306 valence electrons. The lowest BCUT2D eigenvalue weighted by atomic mass is 10.0. The average molecular weight is 840 g/mol. The van der Waals surface area contributed by atoms with Crippen molar-refractivity contribution in [2.75, 3.05) is 30.5 Å². The van der Waals surface area contributed by atoms with Crippen LogP contribution in [-0.2, 0) is 32.4 Å². The monoisotopic (exact) mass is 839 g/mol. The number of fused-ring (bicyclic) bond motifs is 2. The topological polar surface area (TPSA) is 301 Å². The van der Waals surface area contributed by atoms with Crippen LogP contribution >= 0.6 is 19.4 Å². The summed E-state index contributed by atoms with van der Waals surface area (Å²) < 4.78 is 49.2. The fourth-order valence-electron chi connectivity index (χ4n) is 6.23. The van der Waals surface area contributed by atoms with Crippen molar-refractivity contribution in [2.45, 2.75) is 70.4 Å². The van der Waals surface area contributed by atoms with Crippen molar-refractivity contribution < 1.29 is 47.4 Å². The van der Waals surface area contributed by atoms with E-state index in [0.29, 0.717) is 21.5 Å². The number of benzene rings is 1. The zero-order valence-electron chi connectivity index (χ0n) is 31.1. The van der Waals surface area contributed by atoms with Crippen molar-refractivity contribution >= 4 is 65.1 Å². The van der Waals surface area contributed by atoms with E-state index in [9.17, 15) is 29.2 Å². The molecular weight excluding hydrogens is 801 g/mol. The predicted molar refractivity (Wildman–Crippen MR) is 202 cm³/mol. The molecule has 5 N–H and O–H groups in total. The molecule has 4 aromatic heterocycles. The Balaban J connectivity index is 1.06. The van der Waals surface area contributed by atoms with E-state index in [1.54, 1.807) is 51.1 Å². The Morgan fingerprint density at radius 3 is 2.67 bits per heavy atom. The summed E-state index contributed by atoms with van der Waals surface area (Å²) in [6, 6.07) is 10.5. The van der Waals surface area contributed by atoms with Gasteiger partial charge in [-0.1, -0.05) is 44.2 Å². The van der Waals surface area contributed by atoms with Crippen LogP contribution < -0.4 is 16.2 Å². The van der Waals surface area contributed by atoms with E-state index >= 15 is 0 Å². The van der Waals surface area contributed by atoms with Crippen LogP contribution in [0.5, 0.6) is 0 Å². The second-order valence-electron chi connectivity index (χ2n) is 13.7. The quantitative estimate of drug-likeness (QED) is 0.0747.